The van der Waals surface area contributed by atoms with Crippen molar-refractivity contribution in [3.8, 4) is 0 Å². The second-order valence-corrected chi connectivity index (χ2v) is 3.26. The Morgan fingerprint density at radius 3 is 2.88 bits per heavy atom. The van der Waals surface area contributed by atoms with Gasteiger partial charge in [-0.1, -0.05) is 0 Å². The minimum absolute atomic E-state index is 0.336. The lowest BCUT2D eigenvalue weighted by Crippen LogP contribution is -2.31. The van der Waals surface area contributed by atoms with E-state index >= 15 is 0 Å². The highest BCUT2D eigenvalue weighted by atomic mass is 19.3. The van der Waals surface area contributed by atoms with Crippen LogP contribution >= 0.6 is 0 Å². The van der Waals surface area contributed by atoms with Gasteiger partial charge in [0.15, 0.2) is 0 Å². The molecule has 0 spiro atoms. The van der Waals surface area contributed by atoms with Crippen molar-refractivity contribution in [2.45, 2.75) is 6.43 Å². The van der Waals surface area contributed by atoms with Crippen molar-refractivity contribution < 1.29 is 13.6 Å². The van der Waals surface area contributed by atoms with Gasteiger partial charge in [-0.2, -0.15) is 0 Å². The fourth-order valence-corrected chi connectivity index (χ4v) is 1.21. The summed E-state index contributed by atoms with van der Waals surface area (Å²) in [7, 11) is 3.01. The molecule has 1 aromatic heterocycles. The third kappa shape index (κ3) is 3.15. The monoisotopic (exact) mass is 229 g/mol. The number of hydrogen-bond donors (Lipinski definition) is 1. The molecule has 0 atom stereocenters. The lowest BCUT2D eigenvalue weighted by molar-refractivity contribution is 0.0620. The molecule has 16 heavy (non-hydrogen) atoms. The smallest absolute Gasteiger partial charge is 0.255 e. The number of alkyl halides is 2. The van der Waals surface area contributed by atoms with Crippen LogP contribution in [0.15, 0.2) is 18.3 Å². The molecule has 0 unspecified atom stereocenters. The van der Waals surface area contributed by atoms with Crippen LogP contribution in [0, 0.1) is 0 Å². The number of amides is 1. The number of hydrogen-bond acceptors (Lipinski definition) is 3. The van der Waals surface area contributed by atoms with Crippen LogP contribution in [-0.2, 0) is 0 Å². The fraction of sp³-hybridized carbons (Fsp3) is 0.400. The summed E-state index contributed by atoms with van der Waals surface area (Å²) in [5.74, 6) is 0.0792. The zero-order valence-corrected chi connectivity index (χ0v) is 9.08. The molecule has 0 saturated heterocycles. The number of nitrogens with zero attached hydrogens (tertiary/aromatic N) is 2. The van der Waals surface area contributed by atoms with E-state index in [1.807, 2.05) is 0 Å². The topological polar surface area (TPSA) is 45.2 Å². The lowest BCUT2D eigenvalue weighted by Gasteiger charge is -2.16. The minimum atomic E-state index is -2.53. The van der Waals surface area contributed by atoms with Crippen molar-refractivity contribution in [1.82, 2.24) is 9.88 Å². The lowest BCUT2D eigenvalue weighted by atomic mass is 10.2. The predicted octanol–water partition coefficient (Wildman–Crippen LogP) is 1.46. The molecule has 1 rings (SSSR count). The summed E-state index contributed by atoms with van der Waals surface area (Å²) in [6, 6.07) is 3.01. The van der Waals surface area contributed by atoms with E-state index in [4.69, 9.17) is 0 Å². The SMILES string of the molecule is CNc1cc(C(=O)N(C)CC(F)F)ccn1. The zero-order valence-electron chi connectivity index (χ0n) is 9.08. The number of nitrogens with one attached hydrogen (secondary N) is 1. The molecule has 0 aliphatic heterocycles. The Labute approximate surface area is 92.3 Å². The summed E-state index contributed by atoms with van der Waals surface area (Å²) in [6.45, 7) is -0.573. The van der Waals surface area contributed by atoms with Gasteiger partial charge in [0.2, 0.25) is 0 Å². The normalized spacial score (nSPS) is 10.3. The van der Waals surface area contributed by atoms with Crippen molar-refractivity contribution in [2.24, 2.45) is 0 Å². The van der Waals surface area contributed by atoms with Crippen LogP contribution in [0.5, 0.6) is 0 Å². The molecule has 0 aromatic carbocycles. The van der Waals surface area contributed by atoms with E-state index in [1.165, 1.54) is 25.4 Å². The third-order valence-electron chi connectivity index (χ3n) is 2.02. The first kappa shape index (κ1) is 12.4. The van der Waals surface area contributed by atoms with Gasteiger partial charge in [-0.15, -0.1) is 0 Å². The molecule has 0 aliphatic carbocycles. The summed E-state index contributed by atoms with van der Waals surface area (Å²) in [6.07, 6.45) is -1.07. The van der Waals surface area contributed by atoms with Crippen LogP contribution in [0.2, 0.25) is 0 Å². The van der Waals surface area contributed by atoms with Gasteiger partial charge >= 0.3 is 0 Å². The molecular weight excluding hydrogens is 216 g/mol. The van der Waals surface area contributed by atoms with Crippen LogP contribution in [0.1, 0.15) is 10.4 Å². The van der Waals surface area contributed by atoms with Crippen LogP contribution < -0.4 is 5.32 Å². The van der Waals surface area contributed by atoms with Crippen molar-refractivity contribution in [3.05, 3.63) is 23.9 Å². The quantitative estimate of drug-likeness (QED) is 0.850. The molecule has 6 heteroatoms. The van der Waals surface area contributed by atoms with Gasteiger partial charge in [-0.25, -0.2) is 13.8 Å². The number of carbonyl (C=O) groups is 1. The fourth-order valence-electron chi connectivity index (χ4n) is 1.21. The van der Waals surface area contributed by atoms with Crippen molar-refractivity contribution >= 4 is 11.7 Å². The number of carbonyl (C=O) groups excluding carboxylic acids is 1. The molecule has 1 amide bonds. The van der Waals surface area contributed by atoms with Crippen molar-refractivity contribution in [1.29, 1.82) is 0 Å². The van der Waals surface area contributed by atoms with E-state index in [0.29, 0.717) is 11.4 Å². The minimum Gasteiger partial charge on any atom is -0.373 e. The molecule has 4 nitrogen and oxygen atoms in total. The van der Waals surface area contributed by atoms with E-state index in [1.54, 1.807) is 7.05 Å². The van der Waals surface area contributed by atoms with E-state index in [-0.39, 0.29) is 0 Å². The van der Waals surface area contributed by atoms with Gasteiger partial charge in [0.05, 0.1) is 6.54 Å². The highest BCUT2D eigenvalue weighted by Crippen LogP contribution is 2.09. The second kappa shape index (κ2) is 5.39. The maximum atomic E-state index is 12.1. The molecule has 1 N–H and O–H groups in total. The van der Waals surface area contributed by atoms with E-state index in [2.05, 4.69) is 10.3 Å². The van der Waals surface area contributed by atoms with Crippen LogP contribution in [0.4, 0.5) is 14.6 Å². The molecule has 0 saturated carbocycles. The first-order chi connectivity index (χ1) is 7.54. The maximum Gasteiger partial charge on any atom is 0.255 e. The van der Waals surface area contributed by atoms with E-state index in [0.717, 1.165) is 4.90 Å². The van der Waals surface area contributed by atoms with E-state index in [9.17, 15) is 13.6 Å². The number of rotatable bonds is 4. The van der Waals surface area contributed by atoms with Gasteiger partial charge in [0, 0.05) is 25.9 Å². The Morgan fingerprint density at radius 2 is 2.31 bits per heavy atom. The Hall–Kier alpha value is -1.72. The molecule has 1 aromatic rings. The Morgan fingerprint density at radius 1 is 1.62 bits per heavy atom. The molecule has 0 bridgehead atoms. The standard InChI is InChI=1S/C10H13F2N3O/c1-13-9-5-7(3-4-14-9)10(16)15(2)6-8(11)12/h3-5,8H,6H2,1-2H3,(H,13,14). The number of halogens is 2. The van der Waals surface area contributed by atoms with E-state index < -0.39 is 18.9 Å². The molecule has 1 heterocycles. The van der Waals surface area contributed by atoms with Gasteiger partial charge < -0.3 is 10.2 Å². The van der Waals surface area contributed by atoms with Gasteiger partial charge in [-0.3, -0.25) is 4.79 Å². The van der Waals surface area contributed by atoms with Crippen molar-refractivity contribution in [2.75, 3.05) is 26.0 Å². The third-order valence-corrected chi connectivity index (χ3v) is 2.02. The van der Waals surface area contributed by atoms with Crippen molar-refractivity contribution in [3.63, 3.8) is 0 Å². The summed E-state index contributed by atoms with van der Waals surface area (Å²) in [5, 5.41) is 2.77. The largest absolute Gasteiger partial charge is 0.373 e. The first-order valence-electron chi connectivity index (χ1n) is 4.72. The highest BCUT2D eigenvalue weighted by molar-refractivity contribution is 5.94. The molecular formula is C10H13F2N3O. The Bertz CT molecular complexity index is 371. The van der Waals surface area contributed by atoms with Gasteiger partial charge in [-0.05, 0) is 12.1 Å². The van der Waals surface area contributed by atoms with Gasteiger partial charge in [0.1, 0.15) is 5.82 Å². The Balaban J connectivity index is 2.79. The van der Waals surface area contributed by atoms with Crippen LogP contribution in [-0.4, -0.2) is 42.9 Å². The maximum absolute atomic E-state index is 12.1. The molecule has 0 aliphatic rings. The summed E-state index contributed by atoms with van der Waals surface area (Å²) in [5.41, 5.74) is 0.336. The zero-order chi connectivity index (χ0) is 12.1. The number of pyridine rings is 1. The van der Waals surface area contributed by atoms with Gasteiger partial charge in [0.25, 0.3) is 12.3 Å². The summed E-state index contributed by atoms with van der Waals surface area (Å²) in [4.78, 5) is 16.6. The average molecular weight is 229 g/mol. The molecule has 0 radical (unpaired) electrons. The Kier molecular flexibility index (Phi) is 4.16. The number of anilines is 1. The number of aromatic nitrogens is 1. The molecule has 0 fully saturated rings. The summed E-state index contributed by atoms with van der Waals surface area (Å²) >= 11 is 0. The highest BCUT2D eigenvalue weighted by Gasteiger charge is 2.15. The molecule has 88 valence electrons. The van der Waals surface area contributed by atoms with Crippen LogP contribution in [0.3, 0.4) is 0 Å². The second-order valence-electron chi connectivity index (χ2n) is 3.26. The van der Waals surface area contributed by atoms with Crippen LogP contribution in [0.25, 0.3) is 0 Å². The predicted molar refractivity (Wildman–Crippen MR) is 56.7 cm³/mol. The first-order valence-corrected chi connectivity index (χ1v) is 4.72. The summed E-state index contributed by atoms with van der Waals surface area (Å²) < 4.78 is 24.2. The average Bonchev–Trinajstić information content (AvgIpc) is 2.27.